The van der Waals surface area contributed by atoms with Gasteiger partial charge < -0.3 is 20.5 Å². The van der Waals surface area contributed by atoms with Crippen LogP contribution in [0.4, 0.5) is 4.79 Å². The first-order chi connectivity index (χ1) is 9.70. The van der Waals surface area contributed by atoms with Crippen molar-refractivity contribution in [2.75, 3.05) is 19.8 Å². The molecule has 0 aromatic heterocycles. The molecule has 5 nitrogen and oxygen atoms in total. The van der Waals surface area contributed by atoms with Gasteiger partial charge in [0, 0.05) is 18.6 Å². The Bertz CT molecular complexity index is 418. The van der Waals surface area contributed by atoms with E-state index >= 15 is 0 Å². The Morgan fingerprint density at radius 1 is 1.40 bits per heavy atom. The Morgan fingerprint density at radius 3 is 2.75 bits per heavy atom. The minimum Gasteiger partial charge on any atom is -0.394 e. The largest absolute Gasteiger partial charge is 0.394 e. The van der Waals surface area contributed by atoms with Crippen molar-refractivity contribution in [3.05, 3.63) is 35.9 Å². The lowest BCUT2D eigenvalue weighted by Crippen LogP contribution is -2.46. The van der Waals surface area contributed by atoms with E-state index in [9.17, 15) is 9.90 Å². The highest BCUT2D eigenvalue weighted by Gasteiger charge is 2.24. The maximum atomic E-state index is 12.0. The number of nitrogens with one attached hydrogen (secondary N) is 2. The van der Waals surface area contributed by atoms with Crippen molar-refractivity contribution in [3.8, 4) is 0 Å². The molecule has 1 heterocycles. The summed E-state index contributed by atoms with van der Waals surface area (Å²) in [5.41, 5.74) is 0.891. The lowest BCUT2D eigenvalue weighted by molar-refractivity contribution is 0.176. The topological polar surface area (TPSA) is 70.6 Å². The molecule has 1 aromatic carbocycles. The van der Waals surface area contributed by atoms with Crippen LogP contribution in [-0.2, 0) is 4.74 Å². The minimum absolute atomic E-state index is 0.0626. The van der Waals surface area contributed by atoms with Gasteiger partial charge in [0.05, 0.1) is 19.3 Å². The fraction of sp³-hybridized carbons (Fsp3) is 0.533. The van der Waals surface area contributed by atoms with Gasteiger partial charge in [-0.25, -0.2) is 4.79 Å². The number of aliphatic hydroxyl groups excluding tert-OH is 1. The van der Waals surface area contributed by atoms with E-state index in [1.165, 1.54) is 0 Å². The zero-order valence-electron chi connectivity index (χ0n) is 11.7. The van der Waals surface area contributed by atoms with Gasteiger partial charge in [-0.3, -0.25) is 0 Å². The van der Waals surface area contributed by atoms with Crippen LogP contribution in [0.5, 0.6) is 0 Å². The highest BCUT2D eigenvalue weighted by molar-refractivity contribution is 5.74. The third-order valence-electron chi connectivity index (χ3n) is 3.72. The monoisotopic (exact) mass is 278 g/mol. The van der Waals surface area contributed by atoms with Crippen LogP contribution in [0.25, 0.3) is 0 Å². The van der Waals surface area contributed by atoms with E-state index in [1.54, 1.807) is 0 Å². The average Bonchev–Trinajstić information content (AvgIpc) is 3.00. The van der Waals surface area contributed by atoms with Crippen LogP contribution >= 0.6 is 0 Å². The fourth-order valence-electron chi connectivity index (χ4n) is 2.39. The molecule has 1 saturated heterocycles. The average molecular weight is 278 g/mol. The number of carbonyl (C=O) groups excluding carboxylic acids is 1. The van der Waals surface area contributed by atoms with E-state index in [0.29, 0.717) is 12.5 Å². The van der Waals surface area contributed by atoms with Gasteiger partial charge in [-0.15, -0.1) is 0 Å². The smallest absolute Gasteiger partial charge is 0.315 e. The number of urea groups is 1. The number of carbonyl (C=O) groups is 1. The summed E-state index contributed by atoms with van der Waals surface area (Å²) >= 11 is 0. The van der Waals surface area contributed by atoms with Crippen LogP contribution in [0.15, 0.2) is 30.3 Å². The number of amides is 2. The molecule has 110 valence electrons. The molecule has 1 aliphatic heterocycles. The molecule has 0 saturated carbocycles. The van der Waals surface area contributed by atoms with E-state index in [4.69, 9.17) is 4.74 Å². The maximum absolute atomic E-state index is 12.0. The molecule has 0 radical (unpaired) electrons. The summed E-state index contributed by atoms with van der Waals surface area (Å²) in [6, 6.07) is 8.86. The van der Waals surface area contributed by atoms with E-state index in [2.05, 4.69) is 10.6 Å². The van der Waals surface area contributed by atoms with Crippen molar-refractivity contribution >= 4 is 6.03 Å². The molecule has 20 heavy (non-hydrogen) atoms. The van der Waals surface area contributed by atoms with E-state index in [0.717, 1.165) is 18.6 Å². The van der Waals surface area contributed by atoms with Gasteiger partial charge in [-0.2, -0.15) is 0 Å². The molecule has 2 amide bonds. The predicted octanol–water partition coefficient (Wildman–Crippen LogP) is 1.44. The van der Waals surface area contributed by atoms with Crippen molar-refractivity contribution in [2.45, 2.75) is 25.4 Å². The number of ether oxygens (including phenoxy) is 1. The zero-order chi connectivity index (χ0) is 14.4. The van der Waals surface area contributed by atoms with Crippen molar-refractivity contribution in [1.29, 1.82) is 0 Å². The van der Waals surface area contributed by atoms with Gasteiger partial charge in [-0.05, 0) is 18.9 Å². The van der Waals surface area contributed by atoms with Crippen LogP contribution in [0.3, 0.4) is 0 Å². The second-order valence-corrected chi connectivity index (χ2v) is 5.18. The van der Waals surface area contributed by atoms with Crippen molar-refractivity contribution in [1.82, 2.24) is 10.6 Å². The molecule has 1 fully saturated rings. The second-order valence-electron chi connectivity index (χ2n) is 5.18. The van der Waals surface area contributed by atoms with Gasteiger partial charge in [0.2, 0.25) is 0 Å². The molecular weight excluding hydrogens is 256 g/mol. The molecule has 1 aromatic rings. The number of benzene rings is 1. The third-order valence-corrected chi connectivity index (χ3v) is 3.72. The van der Waals surface area contributed by atoms with Gasteiger partial charge in [0.1, 0.15) is 0 Å². The quantitative estimate of drug-likeness (QED) is 0.763. The van der Waals surface area contributed by atoms with Crippen LogP contribution in [0, 0.1) is 5.92 Å². The molecule has 2 unspecified atom stereocenters. The van der Waals surface area contributed by atoms with Crippen molar-refractivity contribution in [3.63, 3.8) is 0 Å². The SMILES string of the molecule is CC(NC(=O)N[C@H](CO)c1ccccc1)C1CCOC1. The van der Waals surface area contributed by atoms with E-state index < -0.39 is 0 Å². The summed E-state index contributed by atoms with van der Waals surface area (Å²) in [5, 5.41) is 15.1. The second kappa shape index (κ2) is 7.26. The van der Waals surface area contributed by atoms with Gasteiger partial charge in [0.25, 0.3) is 0 Å². The van der Waals surface area contributed by atoms with E-state index in [-0.39, 0.29) is 24.7 Å². The van der Waals surface area contributed by atoms with Gasteiger partial charge >= 0.3 is 6.03 Å². The Balaban J connectivity index is 1.86. The molecule has 3 atom stereocenters. The third kappa shape index (κ3) is 3.95. The normalized spacial score (nSPS) is 21.2. The molecule has 2 rings (SSSR count). The molecule has 0 spiro atoms. The van der Waals surface area contributed by atoms with Crippen LogP contribution in [0.2, 0.25) is 0 Å². The van der Waals surface area contributed by atoms with E-state index in [1.807, 2.05) is 37.3 Å². The summed E-state index contributed by atoms with van der Waals surface area (Å²) in [7, 11) is 0. The molecular formula is C15H22N2O3. The highest BCUT2D eigenvalue weighted by atomic mass is 16.5. The maximum Gasteiger partial charge on any atom is 0.315 e. The number of hydrogen-bond acceptors (Lipinski definition) is 3. The van der Waals surface area contributed by atoms with Crippen LogP contribution < -0.4 is 10.6 Å². The molecule has 1 aliphatic rings. The predicted molar refractivity (Wildman–Crippen MR) is 76.3 cm³/mol. The first-order valence-electron chi connectivity index (χ1n) is 7.01. The number of hydrogen-bond donors (Lipinski definition) is 3. The lowest BCUT2D eigenvalue weighted by Gasteiger charge is -2.22. The summed E-state index contributed by atoms with van der Waals surface area (Å²) < 4.78 is 5.32. The Hall–Kier alpha value is -1.59. The highest BCUT2D eigenvalue weighted by Crippen LogP contribution is 2.16. The summed E-state index contributed by atoms with van der Waals surface area (Å²) in [6.07, 6.45) is 0.976. The van der Waals surface area contributed by atoms with Crippen LogP contribution in [0.1, 0.15) is 24.9 Å². The first-order valence-corrected chi connectivity index (χ1v) is 7.01. The Kier molecular flexibility index (Phi) is 5.38. The number of rotatable bonds is 5. The summed E-state index contributed by atoms with van der Waals surface area (Å²) in [5.74, 6) is 0.366. The van der Waals surface area contributed by atoms with Crippen molar-refractivity contribution in [2.24, 2.45) is 5.92 Å². The standard InChI is InChI=1S/C15H22N2O3/c1-11(13-7-8-20-10-13)16-15(19)17-14(9-18)12-5-3-2-4-6-12/h2-6,11,13-14,18H,7-10H2,1H3,(H2,16,17,19)/t11?,13?,14-/m1/s1. The van der Waals surface area contributed by atoms with Gasteiger partial charge in [-0.1, -0.05) is 30.3 Å². The molecule has 3 N–H and O–H groups in total. The molecule has 0 bridgehead atoms. The first kappa shape index (κ1) is 14.8. The van der Waals surface area contributed by atoms with Crippen LogP contribution in [-0.4, -0.2) is 37.0 Å². The fourth-order valence-corrected chi connectivity index (χ4v) is 2.39. The van der Waals surface area contributed by atoms with Crippen molar-refractivity contribution < 1.29 is 14.6 Å². The Labute approximate surface area is 119 Å². The number of aliphatic hydroxyl groups is 1. The minimum atomic E-state index is -0.386. The van der Waals surface area contributed by atoms with Gasteiger partial charge in [0.15, 0.2) is 0 Å². The molecule has 0 aliphatic carbocycles. The zero-order valence-corrected chi connectivity index (χ0v) is 11.7. The Morgan fingerprint density at radius 2 is 2.15 bits per heavy atom. The summed E-state index contributed by atoms with van der Waals surface area (Å²) in [4.78, 5) is 12.0. The lowest BCUT2D eigenvalue weighted by atomic mass is 10.0. The molecule has 5 heteroatoms. The summed E-state index contributed by atoms with van der Waals surface area (Å²) in [6.45, 7) is 3.32.